The highest BCUT2D eigenvalue weighted by atomic mass is 32.3. The maximum atomic E-state index is 3.83. The van der Waals surface area contributed by atoms with Gasteiger partial charge in [-0.05, 0) is 105 Å². The van der Waals surface area contributed by atoms with Crippen LogP contribution in [0, 0.1) is 18.1 Å². The highest BCUT2D eigenvalue weighted by Gasteiger charge is 2.48. The Morgan fingerprint density at radius 2 is 1.44 bits per heavy atom. The molecule has 0 saturated heterocycles. The van der Waals surface area contributed by atoms with Crippen LogP contribution in [0.1, 0.15) is 31.4 Å². The second kappa shape index (κ2) is 12.1. The molecular formula is C53H39NS. The molecule has 0 amide bonds. The Labute approximate surface area is 325 Å². The van der Waals surface area contributed by atoms with E-state index in [2.05, 4.69) is 213 Å². The van der Waals surface area contributed by atoms with Gasteiger partial charge in [0.15, 0.2) is 0 Å². The maximum absolute atomic E-state index is 3.83. The molecule has 2 atom stereocenters. The fraction of sp³-hybridized carbons (Fsp3) is 0.0943. The molecule has 1 heterocycles. The molecule has 1 nitrogen and oxygen atoms in total. The molecule has 0 fully saturated rings. The molecule has 2 unspecified atom stereocenters. The molecule has 11 rings (SSSR count). The summed E-state index contributed by atoms with van der Waals surface area (Å²) in [5, 5.41) is 2.56. The zero-order chi connectivity index (χ0) is 36.7. The van der Waals surface area contributed by atoms with Crippen LogP contribution in [-0.4, -0.2) is 0 Å². The third kappa shape index (κ3) is 4.51. The summed E-state index contributed by atoms with van der Waals surface area (Å²) in [6, 6.07) is 61.6. The monoisotopic (exact) mass is 721 g/mol. The van der Waals surface area contributed by atoms with Crippen molar-refractivity contribution < 1.29 is 0 Å². The lowest BCUT2D eigenvalue weighted by Gasteiger charge is -2.45. The first-order valence-corrected chi connectivity index (χ1v) is 20.9. The van der Waals surface area contributed by atoms with Crippen molar-refractivity contribution in [2.24, 2.45) is 5.92 Å². The number of fused-ring (bicyclic) bond motifs is 8. The SMILES string of the molecule is CC1(C)c2ccccc2-c2ccc(N(c3ccccc3)c3cccc4c3-c3ccc#cc3S4(C3=CC=CC4=CC=CCC43)c3cccc4ccccc34)cc21. The van der Waals surface area contributed by atoms with Crippen LogP contribution < -0.4 is 4.90 Å². The van der Waals surface area contributed by atoms with Crippen LogP contribution in [-0.2, 0) is 5.41 Å². The number of benzene rings is 6. The van der Waals surface area contributed by atoms with Crippen LogP contribution in [0.2, 0.25) is 0 Å². The van der Waals surface area contributed by atoms with Crippen molar-refractivity contribution in [1.82, 2.24) is 0 Å². The lowest BCUT2D eigenvalue weighted by molar-refractivity contribution is 0.660. The van der Waals surface area contributed by atoms with Crippen LogP contribution in [0.5, 0.6) is 0 Å². The van der Waals surface area contributed by atoms with E-state index in [4.69, 9.17) is 0 Å². The summed E-state index contributed by atoms with van der Waals surface area (Å²) in [6.45, 7) is 4.74. The van der Waals surface area contributed by atoms with Crippen molar-refractivity contribution in [2.45, 2.75) is 40.4 Å². The van der Waals surface area contributed by atoms with E-state index in [9.17, 15) is 0 Å². The average molecular weight is 722 g/mol. The van der Waals surface area contributed by atoms with Crippen LogP contribution >= 0.6 is 10.0 Å². The Morgan fingerprint density at radius 3 is 2.36 bits per heavy atom. The third-order valence-corrected chi connectivity index (χ3v) is 16.4. The van der Waals surface area contributed by atoms with Crippen LogP contribution in [0.3, 0.4) is 0 Å². The van der Waals surface area contributed by atoms with E-state index in [-0.39, 0.29) is 11.3 Å². The summed E-state index contributed by atoms with van der Waals surface area (Å²) < 4.78 is 0. The van der Waals surface area contributed by atoms with E-state index < -0.39 is 10.0 Å². The van der Waals surface area contributed by atoms with Crippen molar-refractivity contribution in [1.29, 1.82) is 0 Å². The van der Waals surface area contributed by atoms with Gasteiger partial charge in [0.05, 0.1) is 10.6 Å². The van der Waals surface area contributed by atoms with Crippen molar-refractivity contribution in [2.75, 3.05) is 4.90 Å². The maximum Gasteiger partial charge on any atom is 0.0606 e. The number of rotatable bonds is 5. The Hall–Kier alpha value is -6.27. The molecule has 3 aliphatic carbocycles. The third-order valence-electron chi connectivity index (χ3n) is 12.3. The largest absolute Gasteiger partial charge is 0.310 e. The molecule has 1 aliphatic heterocycles. The van der Waals surface area contributed by atoms with E-state index >= 15 is 0 Å². The van der Waals surface area contributed by atoms with Gasteiger partial charge >= 0.3 is 0 Å². The average Bonchev–Trinajstić information content (AvgIpc) is 3.67. The smallest absolute Gasteiger partial charge is 0.0606 e. The highest BCUT2D eigenvalue weighted by Crippen LogP contribution is 2.83. The minimum atomic E-state index is -2.02. The number of hydrogen-bond acceptors (Lipinski definition) is 1. The van der Waals surface area contributed by atoms with Crippen molar-refractivity contribution >= 4 is 37.9 Å². The number of nitrogens with zero attached hydrogens (tertiary/aromatic N) is 1. The summed E-state index contributed by atoms with van der Waals surface area (Å²) in [5.74, 6) is 0.269. The Bertz CT molecular complexity index is 2830. The lowest BCUT2D eigenvalue weighted by Crippen LogP contribution is -2.18. The van der Waals surface area contributed by atoms with Gasteiger partial charge in [-0.2, -0.15) is 0 Å². The van der Waals surface area contributed by atoms with E-state index in [0.717, 1.165) is 17.8 Å². The molecule has 0 saturated carbocycles. The summed E-state index contributed by atoms with van der Waals surface area (Å²) in [7, 11) is -2.02. The van der Waals surface area contributed by atoms with E-state index in [1.807, 2.05) is 0 Å². The fourth-order valence-electron chi connectivity index (χ4n) is 9.84. The second-order valence-electron chi connectivity index (χ2n) is 15.5. The van der Waals surface area contributed by atoms with Gasteiger partial charge in [-0.15, -0.1) is 10.0 Å². The molecule has 2 heteroatoms. The first-order chi connectivity index (χ1) is 27.1. The summed E-state index contributed by atoms with van der Waals surface area (Å²) in [5.41, 5.74) is 12.7. The number of allylic oxidation sites excluding steroid dienone is 8. The summed E-state index contributed by atoms with van der Waals surface area (Å²) in [4.78, 5) is 7.97. The molecule has 0 aromatic heterocycles. The van der Waals surface area contributed by atoms with Gasteiger partial charge in [-0.1, -0.05) is 153 Å². The van der Waals surface area contributed by atoms with Crippen molar-refractivity contribution in [3.63, 3.8) is 0 Å². The zero-order valence-electron chi connectivity index (χ0n) is 31.0. The van der Waals surface area contributed by atoms with Gasteiger partial charge in [0, 0.05) is 43.6 Å². The Morgan fingerprint density at radius 1 is 0.655 bits per heavy atom. The molecule has 0 bridgehead atoms. The molecule has 0 N–H and O–H groups in total. The topological polar surface area (TPSA) is 3.24 Å². The summed E-state index contributed by atoms with van der Waals surface area (Å²) in [6.07, 6.45) is 14.9. The number of anilines is 3. The number of hydrogen-bond donors (Lipinski definition) is 0. The molecular weight excluding hydrogens is 683 g/mol. The predicted octanol–water partition coefficient (Wildman–Crippen LogP) is 14.4. The zero-order valence-corrected chi connectivity index (χ0v) is 31.8. The molecule has 262 valence electrons. The molecule has 0 radical (unpaired) electrons. The first-order valence-electron chi connectivity index (χ1n) is 19.3. The van der Waals surface area contributed by atoms with Gasteiger partial charge in [-0.3, -0.25) is 0 Å². The Kier molecular flexibility index (Phi) is 7.09. The van der Waals surface area contributed by atoms with Gasteiger partial charge in [0.2, 0.25) is 0 Å². The van der Waals surface area contributed by atoms with Gasteiger partial charge in [0.25, 0.3) is 0 Å². The molecule has 7 aromatic rings. The Balaban J connectivity index is 1.22. The van der Waals surface area contributed by atoms with E-state index in [1.165, 1.54) is 75.0 Å². The van der Waals surface area contributed by atoms with Gasteiger partial charge in [-0.25, -0.2) is 0 Å². The highest BCUT2D eigenvalue weighted by molar-refractivity contribution is 8.37. The van der Waals surface area contributed by atoms with Crippen molar-refractivity contribution in [3.05, 3.63) is 216 Å². The van der Waals surface area contributed by atoms with Crippen molar-refractivity contribution in [3.8, 4) is 22.3 Å². The first kappa shape index (κ1) is 32.2. The van der Waals surface area contributed by atoms with Crippen LogP contribution in [0.25, 0.3) is 33.0 Å². The van der Waals surface area contributed by atoms with Crippen LogP contribution in [0.4, 0.5) is 17.1 Å². The number of para-hydroxylation sites is 1. The fourth-order valence-corrected chi connectivity index (χ4v) is 14.5. The summed E-state index contributed by atoms with van der Waals surface area (Å²) >= 11 is 0. The van der Waals surface area contributed by atoms with E-state index in [0.29, 0.717) is 0 Å². The molecule has 55 heavy (non-hydrogen) atoms. The normalized spacial score (nSPS) is 20.5. The minimum Gasteiger partial charge on any atom is -0.310 e. The standard InChI is InChI=1S/C53H39NS/c1-53(2)45-27-12-10-25-42(45)43-34-33-39(35-46(43)53)54(38-21-4-3-5-22-38)47-28-16-32-51-52(47)44-26-11-13-29-50(44)55(51,48-30-14-19-36-17-6-8-23-40(36)48)49-31-15-20-37-18-7-9-24-41(37)49/h3-12,14-23,25-28,30-35,41H,24H2,1-2H3. The predicted molar refractivity (Wildman–Crippen MR) is 231 cm³/mol. The van der Waals surface area contributed by atoms with Gasteiger partial charge in [0.1, 0.15) is 0 Å². The quantitative estimate of drug-likeness (QED) is 0.171. The molecule has 0 spiro atoms. The minimum absolute atomic E-state index is 0.116. The van der Waals surface area contributed by atoms with Crippen LogP contribution in [0.15, 0.2) is 207 Å². The molecule has 7 aromatic carbocycles. The molecule has 4 aliphatic rings. The lowest BCUT2D eigenvalue weighted by atomic mass is 9.82. The second-order valence-corrected chi connectivity index (χ2v) is 18.5. The van der Waals surface area contributed by atoms with Gasteiger partial charge < -0.3 is 4.90 Å². The van der Waals surface area contributed by atoms with E-state index in [1.54, 1.807) is 0 Å².